The highest BCUT2D eigenvalue weighted by molar-refractivity contribution is 7.98. The van der Waals surface area contributed by atoms with Crippen LogP contribution in [0, 0.1) is 6.92 Å². The van der Waals surface area contributed by atoms with Crippen LogP contribution < -0.4 is 10.2 Å². The molecule has 0 saturated heterocycles. The first-order chi connectivity index (χ1) is 9.51. The lowest BCUT2D eigenvalue weighted by Gasteiger charge is -2.10. The van der Waals surface area contributed by atoms with Crippen LogP contribution in [0.1, 0.15) is 11.3 Å². The van der Waals surface area contributed by atoms with Crippen LogP contribution in [0.3, 0.4) is 0 Å². The molecule has 5 nitrogen and oxygen atoms in total. The number of methoxy groups -OCH3 is 1. The molecule has 0 bridgehead atoms. The van der Waals surface area contributed by atoms with Gasteiger partial charge in [0.1, 0.15) is 5.75 Å². The third-order valence-corrected chi connectivity index (χ3v) is 4.07. The fraction of sp³-hybridized carbons (Fsp3) is 0.308. The van der Waals surface area contributed by atoms with Gasteiger partial charge < -0.3 is 14.8 Å². The van der Waals surface area contributed by atoms with Gasteiger partial charge in [0.05, 0.1) is 17.8 Å². The number of aromatic nitrogens is 2. The second-order valence-electron chi connectivity index (χ2n) is 4.48. The van der Waals surface area contributed by atoms with Crippen molar-refractivity contribution in [3.8, 4) is 5.75 Å². The van der Waals surface area contributed by atoms with E-state index in [1.807, 2.05) is 24.7 Å². The number of nitrogens with zero attached hydrogens (tertiary/aromatic N) is 2. The molecule has 20 heavy (non-hydrogen) atoms. The number of thioether (sulfide) groups is 1. The Balaban J connectivity index is 2.19. The molecule has 2 N–H and O–H groups in total. The molecule has 0 unspecified atom stereocenters. The fourth-order valence-electron chi connectivity index (χ4n) is 1.95. The number of hydrogen-bond donors (Lipinski definition) is 2. The fourth-order valence-corrected chi connectivity index (χ4v) is 2.96. The molecule has 0 radical (unpaired) electrons. The Bertz CT molecular complexity index is 601. The SMILES string of the molecule is COc1ccc(B(O)O)cc1CSc1cc(C)nn1C. The Morgan fingerprint density at radius 2 is 2.10 bits per heavy atom. The lowest BCUT2D eigenvalue weighted by Crippen LogP contribution is -2.30. The summed E-state index contributed by atoms with van der Waals surface area (Å²) in [5.41, 5.74) is 2.35. The van der Waals surface area contributed by atoms with Crippen LogP contribution in [-0.2, 0) is 12.8 Å². The molecule has 106 valence electrons. The molecule has 0 spiro atoms. The standard InChI is InChI=1S/C13H17BN2O3S/c1-9-6-13(16(2)15-9)20-8-10-7-11(14(17)18)4-5-12(10)19-3/h4-7,17-18H,8H2,1-3H3. The Kier molecular flexibility index (Phi) is 4.75. The van der Waals surface area contributed by atoms with E-state index in [9.17, 15) is 10.0 Å². The lowest BCUT2D eigenvalue weighted by molar-refractivity contribution is 0.410. The Labute approximate surface area is 122 Å². The molecular formula is C13H17BN2O3S. The highest BCUT2D eigenvalue weighted by Gasteiger charge is 2.14. The predicted molar refractivity (Wildman–Crippen MR) is 80.3 cm³/mol. The third-order valence-electron chi connectivity index (χ3n) is 2.94. The van der Waals surface area contributed by atoms with Gasteiger partial charge in [-0.1, -0.05) is 12.1 Å². The monoisotopic (exact) mass is 292 g/mol. The van der Waals surface area contributed by atoms with Crippen LogP contribution in [0.15, 0.2) is 29.3 Å². The van der Waals surface area contributed by atoms with Crippen molar-refractivity contribution in [3.05, 3.63) is 35.5 Å². The molecule has 0 saturated carbocycles. The van der Waals surface area contributed by atoms with Crippen molar-refractivity contribution in [1.82, 2.24) is 9.78 Å². The van der Waals surface area contributed by atoms with E-state index < -0.39 is 7.12 Å². The summed E-state index contributed by atoms with van der Waals surface area (Å²) in [6, 6.07) is 7.16. The number of rotatable bonds is 5. The van der Waals surface area contributed by atoms with Gasteiger partial charge in [0, 0.05) is 18.4 Å². The smallest absolute Gasteiger partial charge is 0.488 e. The molecule has 1 aromatic carbocycles. The topological polar surface area (TPSA) is 67.5 Å². The van der Waals surface area contributed by atoms with E-state index >= 15 is 0 Å². The minimum absolute atomic E-state index is 0.461. The van der Waals surface area contributed by atoms with E-state index in [4.69, 9.17) is 4.74 Å². The summed E-state index contributed by atoms with van der Waals surface area (Å²) in [7, 11) is 2.04. The third kappa shape index (κ3) is 3.36. The van der Waals surface area contributed by atoms with Gasteiger partial charge >= 0.3 is 7.12 Å². The lowest BCUT2D eigenvalue weighted by atomic mass is 9.79. The highest BCUT2D eigenvalue weighted by atomic mass is 32.2. The van der Waals surface area contributed by atoms with Crippen molar-refractivity contribution in [2.75, 3.05) is 7.11 Å². The molecule has 0 amide bonds. The Morgan fingerprint density at radius 1 is 1.35 bits per heavy atom. The van der Waals surface area contributed by atoms with Gasteiger partial charge in [0.25, 0.3) is 0 Å². The maximum Gasteiger partial charge on any atom is 0.488 e. The quantitative estimate of drug-likeness (QED) is 0.627. The predicted octanol–water partition coefficient (Wildman–Crippen LogP) is 0.709. The summed E-state index contributed by atoms with van der Waals surface area (Å²) >= 11 is 1.63. The molecular weight excluding hydrogens is 275 g/mol. The maximum atomic E-state index is 9.24. The molecule has 0 fully saturated rings. The maximum absolute atomic E-state index is 9.24. The largest absolute Gasteiger partial charge is 0.496 e. The minimum Gasteiger partial charge on any atom is -0.496 e. The molecule has 0 atom stereocenters. The van der Waals surface area contributed by atoms with Crippen molar-refractivity contribution in [3.63, 3.8) is 0 Å². The summed E-state index contributed by atoms with van der Waals surface area (Å²) in [5.74, 6) is 1.41. The zero-order valence-electron chi connectivity index (χ0n) is 11.7. The van der Waals surface area contributed by atoms with Gasteiger partial charge in [-0.3, -0.25) is 4.68 Å². The summed E-state index contributed by atoms with van der Waals surface area (Å²) < 4.78 is 7.14. The number of hydrogen-bond acceptors (Lipinski definition) is 5. The summed E-state index contributed by atoms with van der Waals surface area (Å²) in [4.78, 5) is 0. The highest BCUT2D eigenvalue weighted by Crippen LogP contribution is 2.27. The van der Waals surface area contributed by atoms with E-state index in [1.54, 1.807) is 37.1 Å². The summed E-state index contributed by atoms with van der Waals surface area (Å²) in [6.45, 7) is 1.95. The van der Waals surface area contributed by atoms with Crippen molar-refractivity contribution in [2.45, 2.75) is 17.7 Å². The van der Waals surface area contributed by atoms with Crippen LogP contribution in [0.5, 0.6) is 5.75 Å². The van der Waals surface area contributed by atoms with E-state index in [-0.39, 0.29) is 0 Å². The minimum atomic E-state index is -1.47. The molecule has 1 heterocycles. The van der Waals surface area contributed by atoms with E-state index in [2.05, 4.69) is 5.10 Å². The van der Waals surface area contributed by atoms with Crippen LogP contribution in [0.2, 0.25) is 0 Å². The Hall–Kier alpha value is -1.44. The normalized spacial score (nSPS) is 10.7. The van der Waals surface area contributed by atoms with Crippen LogP contribution in [-0.4, -0.2) is 34.1 Å². The van der Waals surface area contributed by atoms with Crippen LogP contribution >= 0.6 is 11.8 Å². The average molecular weight is 292 g/mol. The van der Waals surface area contributed by atoms with Crippen molar-refractivity contribution in [2.24, 2.45) is 7.05 Å². The molecule has 1 aromatic heterocycles. The van der Waals surface area contributed by atoms with E-state index in [0.29, 0.717) is 11.2 Å². The van der Waals surface area contributed by atoms with Gasteiger partial charge in [0.15, 0.2) is 0 Å². The van der Waals surface area contributed by atoms with Crippen molar-refractivity contribution < 1.29 is 14.8 Å². The first-order valence-electron chi connectivity index (χ1n) is 6.17. The average Bonchev–Trinajstić information content (AvgIpc) is 2.74. The zero-order chi connectivity index (χ0) is 14.7. The van der Waals surface area contributed by atoms with Gasteiger partial charge in [-0.05, 0) is 24.5 Å². The number of benzene rings is 1. The number of aryl methyl sites for hydroxylation is 2. The summed E-state index contributed by atoms with van der Waals surface area (Å²) in [6.07, 6.45) is 0. The molecule has 0 aliphatic rings. The first-order valence-corrected chi connectivity index (χ1v) is 7.16. The van der Waals surface area contributed by atoms with Crippen molar-refractivity contribution in [1.29, 1.82) is 0 Å². The van der Waals surface area contributed by atoms with Gasteiger partial charge in [-0.25, -0.2) is 0 Å². The Morgan fingerprint density at radius 3 is 2.65 bits per heavy atom. The second kappa shape index (κ2) is 6.34. The molecule has 7 heteroatoms. The zero-order valence-corrected chi connectivity index (χ0v) is 12.5. The molecule has 0 aliphatic heterocycles. The van der Waals surface area contributed by atoms with Gasteiger partial charge in [-0.2, -0.15) is 5.10 Å². The molecule has 2 rings (SSSR count). The van der Waals surface area contributed by atoms with Crippen LogP contribution in [0.25, 0.3) is 0 Å². The molecule has 2 aromatic rings. The first kappa shape index (κ1) is 15.0. The number of ether oxygens (including phenoxy) is 1. The summed E-state index contributed by atoms with van der Waals surface area (Å²) in [5, 5.41) is 23.8. The molecule has 0 aliphatic carbocycles. The van der Waals surface area contributed by atoms with Gasteiger partial charge in [-0.15, -0.1) is 11.8 Å². The van der Waals surface area contributed by atoms with Crippen molar-refractivity contribution >= 4 is 24.3 Å². The van der Waals surface area contributed by atoms with E-state index in [0.717, 1.165) is 22.0 Å². The second-order valence-corrected chi connectivity index (χ2v) is 5.48. The van der Waals surface area contributed by atoms with Crippen LogP contribution in [0.4, 0.5) is 0 Å². The van der Waals surface area contributed by atoms with Gasteiger partial charge in [0.2, 0.25) is 0 Å². The van der Waals surface area contributed by atoms with E-state index in [1.165, 1.54) is 0 Å².